The molecule has 0 spiro atoms. The number of aryl methyl sites for hydroxylation is 2. The third kappa shape index (κ3) is 9.92. The van der Waals surface area contributed by atoms with Gasteiger partial charge in [0.25, 0.3) is 0 Å². The first-order valence-corrected chi connectivity index (χ1v) is 12.4. The van der Waals surface area contributed by atoms with Crippen molar-refractivity contribution in [2.24, 2.45) is 0 Å². The molecule has 0 unspecified atom stereocenters. The Morgan fingerprint density at radius 2 is 1.41 bits per heavy atom. The Morgan fingerprint density at radius 1 is 0.784 bits per heavy atom. The van der Waals surface area contributed by atoms with Gasteiger partial charge in [-0.1, -0.05) is 92.2 Å². The van der Waals surface area contributed by atoms with Crippen LogP contribution in [-0.2, 0) is 0 Å². The fraction of sp³-hybridized carbons (Fsp3) is 0.212. The van der Waals surface area contributed by atoms with Gasteiger partial charge in [-0.05, 0) is 56.5 Å². The number of nitrogens with zero attached hydrogens (tertiary/aromatic N) is 1. The van der Waals surface area contributed by atoms with Gasteiger partial charge in [0.2, 0.25) is 0 Å². The molecule has 0 amide bonds. The Labute approximate surface area is 219 Å². The van der Waals surface area contributed by atoms with Gasteiger partial charge < -0.3 is 0 Å². The quantitative estimate of drug-likeness (QED) is 0.248. The summed E-state index contributed by atoms with van der Waals surface area (Å²) in [5.74, 6) is -0.720. The number of hydrogen-bond donors (Lipinski definition) is 0. The van der Waals surface area contributed by atoms with Crippen molar-refractivity contribution in [1.29, 1.82) is 0 Å². The summed E-state index contributed by atoms with van der Waals surface area (Å²) >= 11 is 0. The highest BCUT2D eigenvalue weighted by molar-refractivity contribution is 5.95. The van der Waals surface area contributed by atoms with E-state index in [9.17, 15) is 13.6 Å². The number of carbonyl (C=O) groups is 1. The second kappa shape index (κ2) is 15.2. The van der Waals surface area contributed by atoms with Crippen LogP contribution < -0.4 is 0 Å². The number of aromatic nitrogens is 1. The van der Waals surface area contributed by atoms with Crippen molar-refractivity contribution in [2.45, 2.75) is 47.0 Å². The van der Waals surface area contributed by atoms with E-state index in [-0.39, 0.29) is 11.3 Å². The average molecular weight is 500 g/mol. The number of ketones is 1. The number of rotatable bonds is 6. The summed E-state index contributed by atoms with van der Waals surface area (Å²) in [6.45, 7) is 11.7. The summed E-state index contributed by atoms with van der Waals surface area (Å²) in [5, 5.41) is 0. The topological polar surface area (TPSA) is 30.0 Å². The van der Waals surface area contributed by atoms with Gasteiger partial charge in [-0.2, -0.15) is 0 Å². The third-order valence-electron chi connectivity index (χ3n) is 5.68. The van der Waals surface area contributed by atoms with E-state index in [0.29, 0.717) is 6.42 Å². The van der Waals surface area contributed by atoms with Crippen LogP contribution in [0.2, 0.25) is 0 Å². The summed E-state index contributed by atoms with van der Waals surface area (Å²) in [5.41, 5.74) is 6.46. The van der Waals surface area contributed by atoms with E-state index >= 15 is 0 Å². The van der Waals surface area contributed by atoms with E-state index in [1.165, 1.54) is 30.7 Å². The van der Waals surface area contributed by atoms with E-state index in [1.807, 2.05) is 49.5 Å². The van der Waals surface area contributed by atoms with Gasteiger partial charge in [-0.15, -0.1) is 0 Å². The zero-order valence-electron chi connectivity index (χ0n) is 22.1. The van der Waals surface area contributed by atoms with Gasteiger partial charge in [0.1, 0.15) is 11.6 Å². The molecule has 0 aliphatic rings. The Bertz CT molecular complexity index is 1260. The molecule has 37 heavy (non-hydrogen) atoms. The van der Waals surface area contributed by atoms with Gasteiger partial charge >= 0.3 is 0 Å². The van der Waals surface area contributed by atoms with Crippen molar-refractivity contribution >= 4 is 11.4 Å². The maximum Gasteiger partial charge on any atom is 0.162 e. The highest BCUT2D eigenvalue weighted by atomic mass is 19.1. The highest BCUT2D eigenvalue weighted by Gasteiger charge is 2.03. The van der Waals surface area contributed by atoms with Crippen molar-refractivity contribution in [3.8, 4) is 0 Å². The summed E-state index contributed by atoms with van der Waals surface area (Å²) in [6, 6.07) is 25.7. The van der Waals surface area contributed by atoms with Gasteiger partial charge in [-0.3, -0.25) is 9.78 Å². The van der Waals surface area contributed by atoms with Crippen LogP contribution in [-0.4, -0.2) is 10.8 Å². The summed E-state index contributed by atoms with van der Waals surface area (Å²) in [4.78, 5) is 15.7. The zero-order valence-corrected chi connectivity index (χ0v) is 22.1. The van der Waals surface area contributed by atoms with Crippen LogP contribution in [0, 0.1) is 32.4 Å². The van der Waals surface area contributed by atoms with Crippen LogP contribution in [0.3, 0.4) is 0 Å². The standard InChI is InChI=1S/C15H15N.C11H14O.C7H6F2/c1-11-5-4-6-14(9-11)13(3)15-8-7-12(2)16-10-15;1-2-3-9-11(12)10-7-5-4-6-8-10;1-5-6(8)3-2-4-7(5)9/h4-10H,3H2,1-2H3;4-8H,2-3,9H2,1H3;2-4H,1H3. The Balaban J connectivity index is 0.000000204. The molecule has 192 valence electrons. The molecule has 4 rings (SSSR count). The molecular weight excluding hydrogens is 464 g/mol. The normalized spacial score (nSPS) is 9.89. The fourth-order valence-electron chi connectivity index (χ4n) is 3.33. The van der Waals surface area contributed by atoms with E-state index in [0.717, 1.165) is 40.8 Å². The van der Waals surface area contributed by atoms with Gasteiger partial charge in [-0.25, -0.2) is 8.78 Å². The molecule has 1 heterocycles. The molecule has 1 aromatic heterocycles. The molecule has 0 radical (unpaired) electrons. The number of halogens is 2. The molecule has 0 bridgehead atoms. The van der Waals surface area contributed by atoms with Crippen LogP contribution in [0.4, 0.5) is 8.78 Å². The van der Waals surface area contributed by atoms with Crippen LogP contribution >= 0.6 is 0 Å². The minimum atomic E-state index is -0.491. The summed E-state index contributed by atoms with van der Waals surface area (Å²) in [6.07, 6.45) is 4.63. The Morgan fingerprint density at radius 3 is 1.95 bits per heavy atom. The summed E-state index contributed by atoms with van der Waals surface area (Å²) < 4.78 is 24.7. The van der Waals surface area contributed by atoms with Crippen molar-refractivity contribution in [3.63, 3.8) is 0 Å². The van der Waals surface area contributed by atoms with E-state index in [4.69, 9.17) is 0 Å². The Kier molecular flexibility index (Phi) is 12.1. The van der Waals surface area contributed by atoms with Crippen molar-refractivity contribution in [1.82, 2.24) is 4.98 Å². The molecule has 0 aliphatic heterocycles. The van der Waals surface area contributed by atoms with Gasteiger partial charge in [0.05, 0.1) is 0 Å². The number of carbonyl (C=O) groups excluding carboxylic acids is 1. The minimum Gasteiger partial charge on any atom is -0.294 e. The second-order valence-electron chi connectivity index (χ2n) is 8.78. The number of unbranched alkanes of at least 4 members (excludes halogenated alkanes) is 1. The second-order valence-corrected chi connectivity index (χ2v) is 8.78. The Hall–Kier alpha value is -3.92. The molecule has 4 aromatic rings. The number of benzene rings is 3. The first kappa shape index (κ1) is 29.3. The van der Waals surface area contributed by atoms with Gasteiger partial charge in [0, 0.05) is 35.0 Å². The van der Waals surface area contributed by atoms with E-state index in [1.54, 1.807) is 0 Å². The van der Waals surface area contributed by atoms with E-state index < -0.39 is 11.6 Å². The van der Waals surface area contributed by atoms with Crippen LogP contribution in [0.15, 0.2) is 97.7 Å². The molecule has 0 aliphatic carbocycles. The average Bonchev–Trinajstić information content (AvgIpc) is 2.91. The van der Waals surface area contributed by atoms with Crippen LogP contribution in [0.1, 0.15) is 64.5 Å². The molecule has 0 saturated heterocycles. The zero-order chi connectivity index (χ0) is 27.2. The smallest absolute Gasteiger partial charge is 0.162 e. The SMILES string of the molecule is C=C(c1ccc(C)nc1)c1cccc(C)c1.CCCCC(=O)c1ccccc1.Cc1c(F)cccc1F. The largest absolute Gasteiger partial charge is 0.294 e. The molecule has 0 saturated carbocycles. The predicted octanol–water partition coefficient (Wildman–Crippen LogP) is 9.09. The number of Topliss-reactive ketones (excluding diaryl/α,β-unsaturated/α-hetero) is 1. The molecule has 0 atom stereocenters. The van der Waals surface area contributed by atoms with Crippen molar-refractivity contribution in [2.75, 3.05) is 0 Å². The predicted molar refractivity (Wildman–Crippen MR) is 150 cm³/mol. The molecule has 0 fully saturated rings. The highest BCUT2D eigenvalue weighted by Crippen LogP contribution is 2.21. The monoisotopic (exact) mass is 499 g/mol. The number of hydrogen-bond acceptors (Lipinski definition) is 2. The lowest BCUT2D eigenvalue weighted by Crippen LogP contribution is -1.97. The van der Waals surface area contributed by atoms with Crippen LogP contribution in [0.25, 0.3) is 5.57 Å². The summed E-state index contributed by atoms with van der Waals surface area (Å²) in [7, 11) is 0. The van der Waals surface area contributed by atoms with Crippen molar-refractivity contribution < 1.29 is 13.6 Å². The first-order chi connectivity index (χ1) is 17.7. The van der Waals surface area contributed by atoms with E-state index in [2.05, 4.69) is 55.7 Å². The lowest BCUT2D eigenvalue weighted by molar-refractivity contribution is 0.0979. The lowest BCUT2D eigenvalue weighted by atomic mass is 9.99. The fourth-order valence-corrected chi connectivity index (χ4v) is 3.33. The molecular formula is C33H35F2NO. The molecule has 0 N–H and O–H groups in total. The first-order valence-electron chi connectivity index (χ1n) is 12.4. The minimum absolute atomic E-state index is 0.0810. The molecule has 4 heteroatoms. The maximum absolute atomic E-state index is 12.3. The molecule has 2 nitrogen and oxygen atoms in total. The molecule has 3 aromatic carbocycles. The lowest BCUT2D eigenvalue weighted by Gasteiger charge is -2.07. The maximum atomic E-state index is 12.3. The van der Waals surface area contributed by atoms with Crippen molar-refractivity contribution in [3.05, 3.63) is 143 Å². The van der Waals surface area contributed by atoms with Crippen LogP contribution in [0.5, 0.6) is 0 Å². The third-order valence-corrected chi connectivity index (χ3v) is 5.68. The number of pyridine rings is 1. The van der Waals surface area contributed by atoms with Gasteiger partial charge in [0.15, 0.2) is 5.78 Å².